The SMILES string of the molecule is CC(=O)N1CC(Nc2cccc(C(C)O)c2)=CC1=O. The molecule has 100 valence electrons. The van der Waals surface area contributed by atoms with Gasteiger partial charge in [-0.15, -0.1) is 0 Å². The zero-order valence-electron chi connectivity index (χ0n) is 10.9. The third kappa shape index (κ3) is 3.00. The number of nitrogens with zero attached hydrogens (tertiary/aromatic N) is 1. The molecular weight excluding hydrogens is 244 g/mol. The number of benzene rings is 1. The van der Waals surface area contributed by atoms with E-state index >= 15 is 0 Å². The van der Waals surface area contributed by atoms with Crippen molar-refractivity contribution in [1.29, 1.82) is 0 Å². The second-order valence-corrected chi connectivity index (χ2v) is 4.54. The van der Waals surface area contributed by atoms with Crippen LogP contribution >= 0.6 is 0 Å². The smallest absolute Gasteiger partial charge is 0.255 e. The Kier molecular flexibility index (Phi) is 3.66. The van der Waals surface area contributed by atoms with Gasteiger partial charge in [0.2, 0.25) is 5.91 Å². The predicted molar refractivity (Wildman–Crippen MR) is 71.2 cm³/mol. The quantitative estimate of drug-likeness (QED) is 0.862. The molecule has 2 rings (SSSR count). The van der Waals surface area contributed by atoms with Crippen LogP contribution in [0.4, 0.5) is 5.69 Å². The van der Waals surface area contributed by atoms with E-state index < -0.39 is 6.10 Å². The van der Waals surface area contributed by atoms with Crippen LogP contribution in [-0.4, -0.2) is 28.4 Å². The average Bonchev–Trinajstić information content (AvgIpc) is 2.70. The molecule has 19 heavy (non-hydrogen) atoms. The van der Waals surface area contributed by atoms with Crippen LogP contribution in [0.25, 0.3) is 0 Å². The Morgan fingerprint density at radius 3 is 2.79 bits per heavy atom. The van der Waals surface area contributed by atoms with Crippen LogP contribution in [0.3, 0.4) is 0 Å². The van der Waals surface area contributed by atoms with Gasteiger partial charge in [0, 0.05) is 24.4 Å². The summed E-state index contributed by atoms with van der Waals surface area (Å²) in [7, 11) is 0. The number of rotatable bonds is 3. The van der Waals surface area contributed by atoms with Crippen molar-refractivity contribution >= 4 is 17.5 Å². The molecule has 2 N–H and O–H groups in total. The first kappa shape index (κ1) is 13.3. The fourth-order valence-electron chi connectivity index (χ4n) is 1.92. The second kappa shape index (κ2) is 5.24. The molecule has 1 aliphatic rings. The Morgan fingerprint density at radius 1 is 1.47 bits per heavy atom. The first-order valence-electron chi connectivity index (χ1n) is 6.05. The Morgan fingerprint density at radius 2 is 2.21 bits per heavy atom. The molecule has 2 amide bonds. The monoisotopic (exact) mass is 260 g/mol. The average molecular weight is 260 g/mol. The lowest BCUT2D eigenvalue weighted by Crippen LogP contribution is -2.31. The van der Waals surface area contributed by atoms with E-state index in [1.165, 1.54) is 17.9 Å². The van der Waals surface area contributed by atoms with Crippen molar-refractivity contribution in [3.63, 3.8) is 0 Å². The standard InChI is InChI=1S/C14H16N2O3/c1-9(17)11-4-3-5-12(6-11)15-13-7-14(19)16(8-13)10(2)18/h3-7,9,15,17H,8H2,1-2H3. The van der Waals surface area contributed by atoms with E-state index in [4.69, 9.17) is 0 Å². The van der Waals surface area contributed by atoms with Crippen molar-refractivity contribution in [2.75, 3.05) is 11.9 Å². The highest BCUT2D eigenvalue weighted by atomic mass is 16.3. The van der Waals surface area contributed by atoms with Gasteiger partial charge in [-0.2, -0.15) is 0 Å². The fourth-order valence-corrected chi connectivity index (χ4v) is 1.92. The van der Waals surface area contributed by atoms with Crippen molar-refractivity contribution < 1.29 is 14.7 Å². The molecule has 1 aliphatic heterocycles. The number of anilines is 1. The van der Waals surface area contributed by atoms with Crippen LogP contribution in [0.5, 0.6) is 0 Å². The minimum atomic E-state index is -0.547. The van der Waals surface area contributed by atoms with E-state index in [0.717, 1.165) is 11.3 Å². The van der Waals surface area contributed by atoms with Crippen LogP contribution in [-0.2, 0) is 9.59 Å². The number of carbonyl (C=O) groups is 2. The lowest BCUT2D eigenvalue weighted by atomic mass is 10.1. The minimum Gasteiger partial charge on any atom is -0.389 e. The number of carbonyl (C=O) groups excluding carboxylic acids is 2. The summed E-state index contributed by atoms with van der Waals surface area (Å²) in [6.07, 6.45) is 0.867. The summed E-state index contributed by atoms with van der Waals surface area (Å²) in [4.78, 5) is 23.9. The Balaban J connectivity index is 2.11. The molecule has 0 fully saturated rings. The Labute approximate surface area is 111 Å². The minimum absolute atomic E-state index is 0.257. The zero-order valence-corrected chi connectivity index (χ0v) is 10.9. The van der Waals surface area contributed by atoms with Gasteiger partial charge in [-0.25, -0.2) is 0 Å². The molecule has 0 radical (unpaired) electrons. The molecule has 1 aromatic carbocycles. The van der Waals surface area contributed by atoms with E-state index in [1.54, 1.807) is 6.92 Å². The summed E-state index contributed by atoms with van der Waals surface area (Å²) < 4.78 is 0. The molecule has 5 heteroatoms. The molecular formula is C14H16N2O3. The molecule has 1 heterocycles. The van der Waals surface area contributed by atoms with E-state index in [0.29, 0.717) is 5.70 Å². The van der Waals surface area contributed by atoms with Crippen LogP contribution in [0, 0.1) is 0 Å². The zero-order chi connectivity index (χ0) is 14.0. The van der Waals surface area contributed by atoms with Crippen LogP contribution < -0.4 is 5.32 Å². The van der Waals surface area contributed by atoms with Crippen molar-refractivity contribution in [2.45, 2.75) is 20.0 Å². The third-order valence-electron chi connectivity index (χ3n) is 2.95. The van der Waals surface area contributed by atoms with E-state index in [-0.39, 0.29) is 18.4 Å². The van der Waals surface area contributed by atoms with Gasteiger partial charge in [-0.05, 0) is 24.6 Å². The largest absolute Gasteiger partial charge is 0.389 e. The van der Waals surface area contributed by atoms with Crippen LogP contribution in [0.15, 0.2) is 36.0 Å². The molecule has 0 saturated carbocycles. The van der Waals surface area contributed by atoms with Crippen molar-refractivity contribution in [3.05, 3.63) is 41.6 Å². The maximum atomic E-state index is 11.5. The van der Waals surface area contributed by atoms with Crippen molar-refractivity contribution in [1.82, 2.24) is 4.90 Å². The molecule has 1 unspecified atom stereocenters. The summed E-state index contributed by atoms with van der Waals surface area (Å²) in [6, 6.07) is 7.30. The normalized spacial score (nSPS) is 16.3. The summed E-state index contributed by atoms with van der Waals surface area (Å²) in [5, 5.41) is 12.6. The van der Waals surface area contributed by atoms with Gasteiger partial charge in [0.15, 0.2) is 0 Å². The summed E-state index contributed by atoms with van der Waals surface area (Å²) in [5.41, 5.74) is 2.24. The van der Waals surface area contributed by atoms with Crippen LogP contribution in [0.2, 0.25) is 0 Å². The molecule has 0 saturated heterocycles. The Hall–Kier alpha value is -2.14. The van der Waals surface area contributed by atoms with Gasteiger partial charge >= 0.3 is 0 Å². The number of hydrogen-bond acceptors (Lipinski definition) is 4. The van der Waals surface area contributed by atoms with E-state index in [9.17, 15) is 14.7 Å². The van der Waals surface area contributed by atoms with Crippen molar-refractivity contribution in [2.24, 2.45) is 0 Å². The van der Waals surface area contributed by atoms with Crippen LogP contribution in [0.1, 0.15) is 25.5 Å². The van der Waals surface area contributed by atoms with Gasteiger partial charge in [0.05, 0.1) is 12.6 Å². The Bertz CT molecular complexity index is 549. The summed E-state index contributed by atoms with van der Waals surface area (Å²) in [5.74, 6) is -0.572. The van der Waals surface area contributed by atoms with Gasteiger partial charge in [0.1, 0.15) is 0 Å². The highest BCUT2D eigenvalue weighted by Gasteiger charge is 2.24. The number of amides is 2. The number of nitrogens with one attached hydrogen (secondary N) is 1. The molecule has 1 aromatic rings. The molecule has 0 spiro atoms. The van der Waals surface area contributed by atoms with E-state index in [2.05, 4.69) is 5.32 Å². The molecule has 0 aliphatic carbocycles. The number of aliphatic hydroxyl groups is 1. The predicted octanol–water partition coefficient (Wildman–Crippen LogP) is 1.42. The van der Waals surface area contributed by atoms with Gasteiger partial charge in [0.25, 0.3) is 5.91 Å². The topological polar surface area (TPSA) is 69.6 Å². The van der Waals surface area contributed by atoms with Crippen molar-refractivity contribution in [3.8, 4) is 0 Å². The first-order chi connectivity index (χ1) is 8.97. The summed E-state index contributed by atoms with van der Waals surface area (Å²) in [6.45, 7) is 3.31. The number of imide groups is 1. The lowest BCUT2D eigenvalue weighted by molar-refractivity contribution is -0.138. The van der Waals surface area contributed by atoms with Gasteiger partial charge in [-0.1, -0.05) is 12.1 Å². The number of aliphatic hydroxyl groups excluding tert-OH is 1. The maximum absolute atomic E-state index is 11.5. The molecule has 0 aromatic heterocycles. The fraction of sp³-hybridized carbons (Fsp3) is 0.286. The number of hydrogen-bond donors (Lipinski definition) is 2. The van der Waals surface area contributed by atoms with E-state index in [1.807, 2.05) is 24.3 Å². The molecule has 5 nitrogen and oxygen atoms in total. The first-order valence-corrected chi connectivity index (χ1v) is 6.05. The lowest BCUT2D eigenvalue weighted by Gasteiger charge is -2.13. The highest BCUT2D eigenvalue weighted by Crippen LogP contribution is 2.20. The third-order valence-corrected chi connectivity index (χ3v) is 2.95. The highest BCUT2D eigenvalue weighted by molar-refractivity contribution is 6.03. The molecule has 1 atom stereocenters. The maximum Gasteiger partial charge on any atom is 0.255 e. The summed E-state index contributed by atoms with van der Waals surface area (Å²) >= 11 is 0. The molecule has 0 bridgehead atoms. The second-order valence-electron chi connectivity index (χ2n) is 4.54. The van der Waals surface area contributed by atoms with Gasteiger partial charge in [-0.3, -0.25) is 14.5 Å². The van der Waals surface area contributed by atoms with Gasteiger partial charge < -0.3 is 10.4 Å².